The summed E-state index contributed by atoms with van der Waals surface area (Å²) in [6, 6.07) is 6.97. The zero-order valence-electron chi connectivity index (χ0n) is 10.4. The van der Waals surface area contributed by atoms with Crippen molar-refractivity contribution in [3.63, 3.8) is 0 Å². The van der Waals surface area contributed by atoms with Crippen LogP contribution in [0.25, 0.3) is 0 Å². The minimum absolute atomic E-state index is 0.115. The molecule has 1 aromatic carbocycles. The van der Waals surface area contributed by atoms with Gasteiger partial charge in [-0.25, -0.2) is 0 Å². The second kappa shape index (κ2) is 4.68. The number of nitrogens with zero attached hydrogens (tertiary/aromatic N) is 1. The van der Waals surface area contributed by atoms with Gasteiger partial charge in [-0.3, -0.25) is 9.59 Å². The molecule has 1 aromatic rings. The quantitative estimate of drug-likeness (QED) is 0.830. The van der Waals surface area contributed by atoms with Gasteiger partial charge in [-0.2, -0.15) is 0 Å². The number of aliphatic carboxylic acids is 1. The molecule has 0 radical (unpaired) electrons. The lowest BCUT2D eigenvalue weighted by Gasteiger charge is -2.25. The van der Waals surface area contributed by atoms with Crippen LogP contribution in [-0.2, 0) is 9.59 Å². The predicted molar refractivity (Wildman–Crippen MR) is 67.7 cm³/mol. The normalized spacial score (nSPS) is 19.2. The number of fused-ring (bicyclic) bond motifs is 1. The summed E-state index contributed by atoms with van der Waals surface area (Å²) in [4.78, 5) is 24.8. The number of amides is 1. The molecule has 5 heteroatoms. The van der Waals surface area contributed by atoms with Crippen molar-refractivity contribution in [3.05, 3.63) is 29.8 Å². The molecule has 1 amide bonds. The highest BCUT2D eigenvalue weighted by Crippen LogP contribution is 2.37. The van der Waals surface area contributed by atoms with Gasteiger partial charge in [0, 0.05) is 19.3 Å². The van der Waals surface area contributed by atoms with E-state index in [1.807, 2.05) is 29.2 Å². The summed E-state index contributed by atoms with van der Waals surface area (Å²) >= 11 is 0. The van der Waals surface area contributed by atoms with Gasteiger partial charge in [0.1, 0.15) is 12.0 Å². The Hall–Kier alpha value is -2.04. The first kappa shape index (κ1) is 12.4. The third-order valence-electron chi connectivity index (χ3n) is 3.39. The molecule has 0 aromatic heterocycles. The lowest BCUT2D eigenvalue weighted by Crippen LogP contribution is -2.44. The molecular formula is C13H16N2O3. The van der Waals surface area contributed by atoms with Crippen LogP contribution in [0.5, 0.6) is 0 Å². The number of hydrogen-bond donors (Lipinski definition) is 2. The van der Waals surface area contributed by atoms with Crippen molar-refractivity contribution in [2.24, 2.45) is 0 Å². The molecule has 2 N–H and O–H groups in total. The smallest absolute Gasteiger partial charge is 0.312 e. The Kier molecular flexibility index (Phi) is 3.23. The first-order chi connectivity index (χ1) is 8.56. The van der Waals surface area contributed by atoms with Gasteiger partial charge in [0.25, 0.3) is 0 Å². The summed E-state index contributed by atoms with van der Waals surface area (Å²) in [5, 5.41) is 11.8. The van der Waals surface area contributed by atoms with Crippen molar-refractivity contribution in [1.82, 2.24) is 5.32 Å². The highest BCUT2D eigenvalue weighted by molar-refractivity contribution is 5.89. The molecule has 2 atom stereocenters. The van der Waals surface area contributed by atoms with E-state index >= 15 is 0 Å². The van der Waals surface area contributed by atoms with Crippen LogP contribution in [0.1, 0.15) is 18.4 Å². The summed E-state index contributed by atoms with van der Waals surface area (Å²) < 4.78 is 0. The molecule has 1 aliphatic heterocycles. The molecule has 96 valence electrons. The molecule has 0 fully saturated rings. The standard InChI is InChI=1S/C13H16N2O3/c1-8(12(16)14-2)15-7-10(13(17)18)9-5-3-4-6-11(9)15/h3-6,8,10H,7H2,1-2H3,(H,14,16)(H,17,18). The highest BCUT2D eigenvalue weighted by atomic mass is 16.4. The van der Waals surface area contributed by atoms with Crippen LogP contribution in [-0.4, -0.2) is 36.6 Å². The van der Waals surface area contributed by atoms with Crippen LogP contribution < -0.4 is 10.2 Å². The van der Waals surface area contributed by atoms with E-state index < -0.39 is 11.9 Å². The zero-order valence-corrected chi connectivity index (χ0v) is 10.4. The summed E-state index contributed by atoms with van der Waals surface area (Å²) in [5.41, 5.74) is 1.61. The number of carboxylic acids is 1. The second-order valence-corrected chi connectivity index (χ2v) is 4.39. The Morgan fingerprint density at radius 1 is 1.44 bits per heavy atom. The van der Waals surface area contributed by atoms with E-state index in [2.05, 4.69) is 5.32 Å². The number of rotatable bonds is 3. The largest absolute Gasteiger partial charge is 0.481 e. The number of carboxylic acid groups (broad SMARTS) is 1. The number of benzene rings is 1. The van der Waals surface area contributed by atoms with E-state index in [0.29, 0.717) is 6.54 Å². The van der Waals surface area contributed by atoms with Gasteiger partial charge in [0.15, 0.2) is 0 Å². The Morgan fingerprint density at radius 3 is 2.72 bits per heavy atom. The SMILES string of the molecule is CNC(=O)C(C)N1CC(C(=O)O)c2ccccc21. The van der Waals surface area contributed by atoms with Gasteiger partial charge in [0.2, 0.25) is 5.91 Å². The van der Waals surface area contributed by atoms with E-state index in [1.54, 1.807) is 14.0 Å². The number of carbonyl (C=O) groups is 2. The van der Waals surface area contributed by atoms with Crippen molar-refractivity contribution < 1.29 is 14.7 Å². The monoisotopic (exact) mass is 248 g/mol. The Labute approximate surface area is 105 Å². The second-order valence-electron chi connectivity index (χ2n) is 4.39. The van der Waals surface area contributed by atoms with Crippen molar-refractivity contribution in [2.45, 2.75) is 18.9 Å². The van der Waals surface area contributed by atoms with Crippen LogP contribution >= 0.6 is 0 Å². The summed E-state index contributed by atoms with van der Waals surface area (Å²) in [6.07, 6.45) is 0. The fourth-order valence-corrected chi connectivity index (χ4v) is 2.37. The predicted octanol–water partition coefficient (Wildman–Crippen LogP) is 0.809. The van der Waals surface area contributed by atoms with Crippen LogP contribution in [0.3, 0.4) is 0 Å². The van der Waals surface area contributed by atoms with Crippen molar-refractivity contribution in [1.29, 1.82) is 0 Å². The van der Waals surface area contributed by atoms with Crippen LogP contribution in [0.2, 0.25) is 0 Å². The van der Waals surface area contributed by atoms with Gasteiger partial charge in [0.05, 0.1) is 0 Å². The minimum Gasteiger partial charge on any atom is -0.481 e. The van der Waals surface area contributed by atoms with E-state index in [1.165, 1.54) is 0 Å². The number of likely N-dealkylation sites (N-methyl/N-ethyl adjacent to an activating group) is 1. The molecular weight excluding hydrogens is 232 g/mol. The van der Waals surface area contributed by atoms with Crippen molar-refractivity contribution in [3.8, 4) is 0 Å². The summed E-state index contributed by atoms with van der Waals surface area (Å²) in [6.45, 7) is 2.11. The van der Waals surface area contributed by atoms with Crippen LogP contribution in [0, 0.1) is 0 Å². The number of hydrogen-bond acceptors (Lipinski definition) is 3. The first-order valence-electron chi connectivity index (χ1n) is 5.86. The van der Waals surface area contributed by atoms with Gasteiger partial charge in [-0.1, -0.05) is 18.2 Å². The maximum Gasteiger partial charge on any atom is 0.312 e. The third-order valence-corrected chi connectivity index (χ3v) is 3.39. The highest BCUT2D eigenvalue weighted by Gasteiger charge is 2.36. The summed E-state index contributed by atoms with van der Waals surface area (Å²) in [7, 11) is 1.58. The molecule has 0 saturated heterocycles. The molecule has 18 heavy (non-hydrogen) atoms. The summed E-state index contributed by atoms with van der Waals surface area (Å²) in [5.74, 6) is -1.53. The number of para-hydroxylation sites is 1. The van der Waals surface area contributed by atoms with Gasteiger partial charge < -0.3 is 15.3 Å². The van der Waals surface area contributed by atoms with Crippen molar-refractivity contribution >= 4 is 17.6 Å². The molecule has 0 saturated carbocycles. The topological polar surface area (TPSA) is 69.6 Å². The fourth-order valence-electron chi connectivity index (χ4n) is 2.37. The maximum absolute atomic E-state index is 11.7. The number of anilines is 1. The molecule has 2 unspecified atom stereocenters. The molecule has 0 aliphatic carbocycles. The zero-order chi connectivity index (χ0) is 13.3. The molecule has 5 nitrogen and oxygen atoms in total. The van der Waals surface area contributed by atoms with Gasteiger partial charge in [-0.15, -0.1) is 0 Å². The van der Waals surface area contributed by atoms with E-state index in [-0.39, 0.29) is 11.9 Å². The Bertz CT molecular complexity index is 487. The molecule has 1 aliphatic rings. The Morgan fingerprint density at radius 2 is 2.11 bits per heavy atom. The average Bonchev–Trinajstić information content (AvgIpc) is 2.76. The van der Waals surface area contributed by atoms with E-state index in [4.69, 9.17) is 0 Å². The molecule has 0 bridgehead atoms. The van der Waals surface area contributed by atoms with E-state index in [9.17, 15) is 14.7 Å². The molecule has 2 rings (SSSR count). The number of nitrogens with one attached hydrogen (secondary N) is 1. The molecule has 0 spiro atoms. The fraction of sp³-hybridized carbons (Fsp3) is 0.385. The van der Waals surface area contributed by atoms with Crippen LogP contribution in [0.15, 0.2) is 24.3 Å². The third kappa shape index (κ3) is 1.92. The average molecular weight is 248 g/mol. The lowest BCUT2D eigenvalue weighted by atomic mass is 10.0. The van der Waals surface area contributed by atoms with Gasteiger partial charge in [-0.05, 0) is 18.6 Å². The van der Waals surface area contributed by atoms with E-state index in [0.717, 1.165) is 11.3 Å². The maximum atomic E-state index is 11.7. The lowest BCUT2D eigenvalue weighted by molar-refractivity contribution is -0.138. The number of carbonyl (C=O) groups excluding carboxylic acids is 1. The van der Waals surface area contributed by atoms with Crippen LogP contribution in [0.4, 0.5) is 5.69 Å². The Balaban J connectivity index is 2.36. The minimum atomic E-state index is -0.853. The molecule has 1 heterocycles. The van der Waals surface area contributed by atoms with Gasteiger partial charge >= 0.3 is 5.97 Å². The first-order valence-corrected chi connectivity index (χ1v) is 5.86. The van der Waals surface area contributed by atoms with Crippen molar-refractivity contribution in [2.75, 3.05) is 18.5 Å².